The van der Waals surface area contributed by atoms with Crippen molar-refractivity contribution < 1.29 is 21.1 Å². The number of aliphatic hydroxyl groups is 2. The number of amides is 1. The van der Waals surface area contributed by atoms with Gasteiger partial charge < -0.3 is 36.6 Å². The third-order valence-electron chi connectivity index (χ3n) is 7.54. The van der Waals surface area contributed by atoms with Gasteiger partial charge in [0.05, 0.1) is 6.33 Å². The number of benzene rings is 3. The summed E-state index contributed by atoms with van der Waals surface area (Å²) in [5, 5.41) is 30.8. The molecule has 12 heteroatoms. The van der Waals surface area contributed by atoms with E-state index in [1.54, 1.807) is 24.3 Å². The molecule has 1 aliphatic heterocycles. The maximum absolute atomic E-state index is 12.6. The van der Waals surface area contributed by atoms with Crippen LogP contribution in [-0.4, -0.2) is 67.0 Å². The molecule has 4 atom stereocenters. The van der Waals surface area contributed by atoms with Crippen molar-refractivity contribution in [1.82, 2.24) is 24.8 Å². The summed E-state index contributed by atoms with van der Waals surface area (Å²) in [6.45, 7) is 0.544. The van der Waals surface area contributed by atoms with Crippen LogP contribution < -0.4 is 21.7 Å². The molecular weight excluding hydrogens is 560 g/mol. The monoisotopic (exact) mass is 595 g/mol. The van der Waals surface area contributed by atoms with E-state index in [0.717, 1.165) is 11.1 Å². The molecule has 0 aliphatic carbocycles. The number of nitrogens with zero attached hydrogens (tertiary/aromatic N) is 4. The van der Waals surface area contributed by atoms with Gasteiger partial charge >= 0.3 is 0 Å². The van der Waals surface area contributed by atoms with E-state index in [1.165, 1.54) is 10.9 Å². The van der Waals surface area contributed by atoms with E-state index in [0.29, 0.717) is 34.9 Å². The van der Waals surface area contributed by atoms with Gasteiger partial charge in [0.25, 0.3) is 5.91 Å². The second-order valence-electron chi connectivity index (χ2n) is 10.4. The SMILES string of the molecule is [2H]CCNC(=O)[C@H]1OC(n2cnc3c(NCC(c4ccccc4)c4ccccc4)nc(Nc4ccc(N)cc4)nc32)[C@H](O)[C@@H]1O. The first-order valence-corrected chi connectivity index (χ1v) is 14.2. The lowest BCUT2D eigenvalue weighted by molar-refractivity contribution is -0.137. The van der Waals surface area contributed by atoms with Gasteiger partial charge in [-0.3, -0.25) is 9.36 Å². The van der Waals surface area contributed by atoms with Gasteiger partial charge in [0.1, 0.15) is 12.2 Å². The topological polar surface area (TPSA) is 172 Å². The number of hydrogen-bond acceptors (Lipinski definition) is 10. The Morgan fingerprint density at radius 3 is 2.34 bits per heavy atom. The fraction of sp³-hybridized carbons (Fsp3) is 0.250. The molecule has 1 aliphatic rings. The minimum absolute atomic E-state index is 0.00821. The Balaban J connectivity index is 1.36. The number of rotatable bonds is 10. The summed E-state index contributed by atoms with van der Waals surface area (Å²) >= 11 is 0. The van der Waals surface area contributed by atoms with Gasteiger partial charge in [-0.05, 0) is 42.3 Å². The maximum atomic E-state index is 12.6. The van der Waals surface area contributed by atoms with E-state index in [-0.39, 0.29) is 25.3 Å². The fourth-order valence-corrected chi connectivity index (χ4v) is 5.30. The molecule has 0 bridgehead atoms. The van der Waals surface area contributed by atoms with Gasteiger partial charge in [-0.2, -0.15) is 9.97 Å². The first-order chi connectivity index (χ1) is 21.9. The Kier molecular flexibility index (Phi) is 8.00. The molecule has 1 unspecified atom stereocenters. The van der Waals surface area contributed by atoms with Crippen molar-refractivity contribution >= 4 is 40.2 Å². The smallest absolute Gasteiger partial charge is 0.252 e. The molecule has 44 heavy (non-hydrogen) atoms. The lowest BCUT2D eigenvalue weighted by atomic mass is 9.91. The summed E-state index contributed by atoms with van der Waals surface area (Å²) in [5.41, 5.74) is 10.1. The van der Waals surface area contributed by atoms with Crippen LogP contribution in [0.3, 0.4) is 0 Å². The quantitative estimate of drug-likeness (QED) is 0.132. The van der Waals surface area contributed by atoms with Crippen molar-refractivity contribution in [2.24, 2.45) is 0 Å². The number of anilines is 4. The Labute approximate surface area is 255 Å². The van der Waals surface area contributed by atoms with Gasteiger partial charge in [0.15, 0.2) is 29.3 Å². The standard InChI is InChI=1S/C32H34N8O4/c1-2-34-30(43)27-25(41)26(42)31(44-27)40-18-36-24-28(38-32(39-29(24)40)37-22-15-13-21(33)14-16-22)35-17-23(19-9-5-3-6-10-19)20-11-7-4-8-12-20/h3-16,18,23,25-27,31,41-42H,2,17,33H2,1H3,(H,34,43)(H2,35,37,38,39)/t25-,26+,27-,31?/m0/s1/i1D. The van der Waals surface area contributed by atoms with Crippen LogP contribution in [0.15, 0.2) is 91.3 Å². The van der Waals surface area contributed by atoms with Gasteiger partial charge in [-0.25, -0.2) is 4.98 Å². The summed E-state index contributed by atoms with van der Waals surface area (Å²) in [5.74, 6) is 0.0546. The molecule has 3 aromatic carbocycles. The van der Waals surface area contributed by atoms with Crippen LogP contribution >= 0.6 is 0 Å². The molecule has 6 rings (SSSR count). The first kappa shape index (κ1) is 27.8. The molecule has 1 saturated heterocycles. The molecule has 12 nitrogen and oxygen atoms in total. The molecular formula is C32H34N8O4. The molecule has 3 heterocycles. The van der Waals surface area contributed by atoms with E-state index in [2.05, 4.69) is 50.2 Å². The number of fused-ring (bicyclic) bond motifs is 1. The highest BCUT2D eigenvalue weighted by molar-refractivity contribution is 5.85. The Morgan fingerprint density at radius 1 is 1.00 bits per heavy atom. The largest absolute Gasteiger partial charge is 0.399 e. The zero-order chi connectivity index (χ0) is 31.3. The first-order valence-electron chi connectivity index (χ1n) is 14.9. The number of carbonyl (C=O) groups is 1. The molecule has 1 amide bonds. The van der Waals surface area contributed by atoms with E-state index >= 15 is 0 Å². The third-order valence-corrected chi connectivity index (χ3v) is 7.54. The zero-order valence-corrected chi connectivity index (χ0v) is 23.7. The van der Waals surface area contributed by atoms with E-state index in [1.807, 2.05) is 36.4 Å². The maximum Gasteiger partial charge on any atom is 0.252 e. The third kappa shape index (κ3) is 5.91. The number of imidazole rings is 1. The number of nitrogens with two attached hydrogens (primary N) is 1. The Bertz CT molecular complexity index is 1700. The highest BCUT2D eigenvalue weighted by atomic mass is 16.6. The molecule has 0 spiro atoms. The van der Waals surface area contributed by atoms with Gasteiger partial charge in [-0.1, -0.05) is 60.7 Å². The van der Waals surface area contributed by atoms with Crippen molar-refractivity contribution in [2.45, 2.75) is 37.4 Å². The van der Waals surface area contributed by atoms with Gasteiger partial charge in [-0.15, -0.1) is 0 Å². The van der Waals surface area contributed by atoms with Crippen LogP contribution in [0.2, 0.25) is 0 Å². The van der Waals surface area contributed by atoms with Crippen LogP contribution in [-0.2, 0) is 9.53 Å². The number of nitrogen functional groups attached to an aromatic ring is 1. The van der Waals surface area contributed by atoms with Crippen LogP contribution in [0.1, 0.15) is 31.5 Å². The second-order valence-corrected chi connectivity index (χ2v) is 10.4. The van der Waals surface area contributed by atoms with Crippen LogP contribution in [0, 0.1) is 0 Å². The van der Waals surface area contributed by atoms with Crippen molar-refractivity contribution in [2.75, 3.05) is 29.5 Å². The van der Waals surface area contributed by atoms with Crippen LogP contribution in [0.5, 0.6) is 0 Å². The van der Waals surface area contributed by atoms with Gasteiger partial charge in [0.2, 0.25) is 5.95 Å². The predicted molar refractivity (Wildman–Crippen MR) is 167 cm³/mol. The summed E-state index contributed by atoms with van der Waals surface area (Å²) in [4.78, 5) is 26.6. The Morgan fingerprint density at radius 2 is 1.68 bits per heavy atom. The number of aliphatic hydroxyl groups excluding tert-OH is 2. The average molecular weight is 596 g/mol. The molecule has 226 valence electrons. The summed E-state index contributed by atoms with van der Waals surface area (Å²) in [6.07, 6.45) is -4.01. The number of hydrogen-bond donors (Lipinski definition) is 6. The molecule has 2 aromatic heterocycles. The second kappa shape index (κ2) is 12.7. The molecule has 5 aromatic rings. The highest BCUT2D eigenvalue weighted by Gasteiger charge is 2.47. The number of ether oxygens (including phenoxy) is 1. The normalized spacial score (nSPS) is 20.0. The van der Waals surface area contributed by atoms with Gasteiger partial charge in [0, 0.05) is 31.8 Å². The molecule has 0 saturated carbocycles. The number of likely N-dealkylation sites (N-methyl/N-ethyl adjacent to an activating group) is 1. The fourth-order valence-electron chi connectivity index (χ4n) is 5.30. The lowest BCUT2D eigenvalue weighted by Gasteiger charge is -2.20. The summed E-state index contributed by atoms with van der Waals surface area (Å²) < 4.78 is 14.6. The van der Waals surface area contributed by atoms with E-state index in [9.17, 15) is 15.0 Å². The molecule has 1 fully saturated rings. The van der Waals surface area contributed by atoms with Crippen molar-refractivity contribution in [1.29, 1.82) is 0 Å². The molecule has 7 N–H and O–H groups in total. The van der Waals surface area contributed by atoms with E-state index in [4.69, 9.17) is 16.8 Å². The van der Waals surface area contributed by atoms with Crippen molar-refractivity contribution in [3.63, 3.8) is 0 Å². The Hall–Kier alpha value is -5.04. The average Bonchev–Trinajstić information content (AvgIpc) is 3.62. The zero-order valence-electron chi connectivity index (χ0n) is 24.7. The van der Waals surface area contributed by atoms with Crippen LogP contribution in [0.4, 0.5) is 23.1 Å². The number of nitrogens with one attached hydrogen (secondary N) is 3. The highest BCUT2D eigenvalue weighted by Crippen LogP contribution is 2.34. The molecule has 0 radical (unpaired) electrons. The number of aromatic nitrogens is 4. The van der Waals surface area contributed by atoms with Crippen LogP contribution in [0.25, 0.3) is 11.2 Å². The van der Waals surface area contributed by atoms with E-state index < -0.39 is 30.4 Å². The summed E-state index contributed by atoms with van der Waals surface area (Å²) in [7, 11) is 0. The lowest BCUT2D eigenvalue weighted by Crippen LogP contribution is -2.42. The number of carbonyl (C=O) groups excluding carboxylic acids is 1. The van der Waals surface area contributed by atoms with Crippen molar-refractivity contribution in [3.8, 4) is 0 Å². The van der Waals surface area contributed by atoms with Crippen molar-refractivity contribution in [3.05, 3.63) is 102 Å². The minimum Gasteiger partial charge on any atom is -0.399 e. The minimum atomic E-state index is -1.50. The predicted octanol–water partition coefficient (Wildman–Crippen LogP) is 3.15. The summed E-state index contributed by atoms with van der Waals surface area (Å²) in [6, 6.07) is 27.4.